The summed E-state index contributed by atoms with van der Waals surface area (Å²) in [7, 11) is -0.544. The Morgan fingerprint density at radius 1 is 1.06 bits per heavy atom. The monoisotopic (exact) mass is 517 g/mol. The number of amides is 1. The Hall–Kier alpha value is -2.99. The number of ether oxygens (including phenoxy) is 3. The molecule has 1 aromatic heterocycles. The van der Waals surface area contributed by atoms with Crippen molar-refractivity contribution in [3.63, 3.8) is 0 Å². The average Bonchev–Trinajstić information content (AvgIpc) is 3.31. The van der Waals surface area contributed by atoms with Crippen LogP contribution in [0.2, 0.25) is 0 Å². The van der Waals surface area contributed by atoms with E-state index in [-0.39, 0.29) is 23.0 Å². The Labute approximate surface area is 208 Å². The fourth-order valence-electron chi connectivity index (χ4n) is 3.88. The number of carbonyl (C=O) groups excluding carboxylic acids is 1. The van der Waals surface area contributed by atoms with E-state index in [1.807, 2.05) is 31.4 Å². The molecule has 2 heterocycles. The molecular formula is C24H27N3O6S2. The van der Waals surface area contributed by atoms with Gasteiger partial charge < -0.3 is 14.2 Å². The van der Waals surface area contributed by atoms with Crippen LogP contribution in [0.3, 0.4) is 0 Å². The number of hydrogen-bond acceptors (Lipinski definition) is 8. The molecule has 0 spiro atoms. The van der Waals surface area contributed by atoms with Crippen molar-refractivity contribution in [1.29, 1.82) is 0 Å². The van der Waals surface area contributed by atoms with Crippen molar-refractivity contribution >= 4 is 32.4 Å². The van der Waals surface area contributed by atoms with E-state index >= 15 is 0 Å². The Kier molecular flexibility index (Phi) is 7.41. The lowest BCUT2D eigenvalue weighted by atomic mass is 10.1. The van der Waals surface area contributed by atoms with Crippen LogP contribution in [0.5, 0.6) is 11.5 Å². The molecule has 0 radical (unpaired) electrons. The van der Waals surface area contributed by atoms with Gasteiger partial charge in [-0.05, 0) is 56.3 Å². The Balaban J connectivity index is 1.45. The molecule has 2 atom stereocenters. The van der Waals surface area contributed by atoms with Gasteiger partial charge in [0.05, 0.1) is 37.0 Å². The standard InChI is InChI=1S/C24H27N3O6S2/c1-15-12-27(13-16(2)33-15)35(29,30)19-8-5-17(6-9-19)23(28)26-24-25-20(14-34-24)18-7-10-21(31-3)22(11-18)32-4/h5-11,14-16H,12-13H2,1-4H3,(H,25,26,28)/t15-,16-/m0/s1. The first kappa shape index (κ1) is 25.1. The first-order valence-electron chi connectivity index (χ1n) is 11.0. The molecule has 11 heteroatoms. The fraction of sp³-hybridized carbons (Fsp3) is 0.333. The third-order valence-electron chi connectivity index (χ3n) is 5.54. The summed E-state index contributed by atoms with van der Waals surface area (Å²) >= 11 is 1.29. The van der Waals surface area contributed by atoms with Gasteiger partial charge in [0.15, 0.2) is 16.6 Å². The van der Waals surface area contributed by atoms with E-state index in [2.05, 4.69) is 10.3 Å². The third kappa shape index (κ3) is 5.48. The van der Waals surface area contributed by atoms with Gasteiger partial charge in [0, 0.05) is 29.6 Å². The normalized spacial score (nSPS) is 18.7. The minimum absolute atomic E-state index is 0.139. The first-order chi connectivity index (χ1) is 16.7. The van der Waals surface area contributed by atoms with E-state index in [4.69, 9.17) is 14.2 Å². The molecule has 1 aliphatic rings. The van der Waals surface area contributed by atoms with Gasteiger partial charge in [0.1, 0.15) is 0 Å². The molecule has 2 aromatic carbocycles. The molecule has 35 heavy (non-hydrogen) atoms. The van der Waals surface area contributed by atoms with Gasteiger partial charge in [0.2, 0.25) is 10.0 Å². The second kappa shape index (κ2) is 10.3. The fourth-order valence-corrected chi connectivity index (χ4v) is 6.19. The number of anilines is 1. The lowest BCUT2D eigenvalue weighted by Crippen LogP contribution is -2.48. The van der Waals surface area contributed by atoms with Crippen LogP contribution in [0.15, 0.2) is 52.7 Å². The number of sulfonamides is 1. The van der Waals surface area contributed by atoms with Crippen molar-refractivity contribution in [2.24, 2.45) is 0 Å². The zero-order valence-corrected chi connectivity index (χ0v) is 21.5. The Bertz CT molecular complexity index is 1300. The van der Waals surface area contributed by atoms with E-state index in [9.17, 15) is 13.2 Å². The van der Waals surface area contributed by atoms with Crippen LogP contribution >= 0.6 is 11.3 Å². The van der Waals surface area contributed by atoms with E-state index < -0.39 is 10.0 Å². The highest BCUT2D eigenvalue weighted by Gasteiger charge is 2.32. The van der Waals surface area contributed by atoms with Crippen LogP contribution in [-0.2, 0) is 14.8 Å². The largest absolute Gasteiger partial charge is 0.493 e. The number of hydrogen-bond donors (Lipinski definition) is 1. The molecule has 0 saturated carbocycles. The molecule has 0 unspecified atom stereocenters. The quantitative estimate of drug-likeness (QED) is 0.507. The maximum atomic E-state index is 13.0. The molecule has 186 valence electrons. The van der Waals surface area contributed by atoms with Crippen LogP contribution < -0.4 is 14.8 Å². The van der Waals surface area contributed by atoms with Crippen LogP contribution in [0.4, 0.5) is 5.13 Å². The first-order valence-corrected chi connectivity index (χ1v) is 13.3. The molecule has 4 rings (SSSR count). The molecule has 0 bridgehead atoms. The summed E-state index contributed by atoms with van der Waals surface area (Å²) in [4.78, 5) is 17.4. The Morgan fingerprint density at radius 3 is 2.34 bits per heavy atom. The number of methoxy groups -OCH3 is 2. The average molecular weight is 518 g/mol. The minimum atomic E-state index is -3.68. The van der Waals surface area contributed by atoms with Crippen molar-refractivity contribution in [1.82, 2.24) is 9.29 Å². The van der Waals surface area contributed by atoms with Gasteiger partial charge in [-0.2, -0.15) is 4.31 Å². The van der Waals surface area contributed by atoms with Crippen LogP contribution in [0, 0.1) is 0 Å². The highest BCUT2D eigenvalue weighted by molar-refractivity contribution is 7.89. The predicted molar refractivity (Wildman–Crippen MR) is 134 cm³/mol. The van der Waals surface area contributed by atoms with Gasteiger partial charge in [-0.15, -0.1) is 11.3 Å². The number of morpholine rings is 1. The summed E-state index contributed by atoms with van der Waals surface area (Å²) in [6, 6.07) is 11.4. The Morgan fingerprint density at radius 2 is 1.71 bits per heavy atom. The SMILES string of the molecule is COc1ccc(-c2csc(NC(=O)c3ccc(S(=O)(=O)N4C[C@H](C)O[C@@H](C)C4)cc3)n2)cc1OC. The molecule has 3 aromatic rings. The smallest absolute Gasteiger partial charge is 0.257 e. The number of nitrogens with zero attached hydrogens (tertiary/aromatic N) is 2. The summed E-state index contributed by atoms with van der Waals surface area (Å²) in [5.41, 5.74) is 1.83. The lowest BCUT2D eigenvalue weighted by Gasteiger charge is -2.34. The van der Waals surface area contributed by atoms with E-state index in [1.165, 1.54) is 39.9 Å². The van der Waals surface area contributed by atoms with Gasteiger partial charge in [-0.3, -0.25) is 10.1 Å². The molecular weight excluding hydrogens is 490 g/mol. The maximum absolute atomic E-state index is 13.0. The number of rotatable bonds is 7. The third-order valence-corrected chi connectivity index (χ3v) is 8.15. The maximum Gasteiger partial charge on any atom is 0.257 e. The van der Waals surface area contributed by atoms with Gasteiger partial charge in [-0.25, -0.2) is 13.4 Å². The van der Waals surface area contributed by atoms with Crippen molar-refractivity contribution in [3.8, 4) is 22.8 Å². The van der Waals surface area contributed by atoms with Crippen molar-refractivity contribution < 1.29 is 27.4 Å². The van der Waals surface area contributed by atoms with Crippen molar-refractivity contribution in [2.75, 3.05) is 32.6 Å². The predicted octanol–water partition coefficient (Wildman–Crippen LogP) is 3.88. The summed E-state index contributed by atoms with van der Waals surface area (Å²) in [5.74, 6) is 0.818. The van der Waals surface area contributed by atoms with E-state index in [0.29, 0.717) is 41.0 Å². The van der Waals surface area contributed by atoms with Gasteiger partial charge >= 0.3 is 0 Å². The number of thiazole rings is 1. The molecule has 0 aliphatic carbocycles. The zero-order chi connectivity index (χ0) is 25.2. The van der Waals surface area contributed by atoms with E-state index in [1.54, 1.807) is 20.3 Å². The second-order valence-corrected chi connectivity index (χ2v) is 11.0. The highest BCUT2D eigenvalue weighted by Crippen LogP contribution is 2.33. The molecule has 1 amide bonds. The van der Waals surface area contributed by atoms with E-state index in [0.717, 1.165) is 5.56 Å². The summed E-state index contributed by atoms with van der Waals surface area (Å²) < 4.78 is 43.7. The summed E-state index contributed by atoms with van der Waals surface area (Å²) in [5, 5.41) is 5.02. The number of carbonyl (C=O) groups is 1. The molecule has 1 saturated heterocycles. The second-order valence-electron chi connectivity index (χ2n) is 8.17. The van der Waals surface area contributed by atoms with Gasteiger partial charge in [-0.1, -0.05) is 0 Å². The zero-order valence-electron chi connectivity index (χ0n) is 19.8. The highest BCUT2D eigenvalue weighted by atomic mass is 32.2. The molecule has 1 fully saturated rings. The lowest BCUT2D eigenvalue weighted by molar-refractivity contribution is -0.0440. The summed E-state index contributed by atoms with van der Waals surface area (Å²) in [6.07, 6.45) is -0.360. The van der Waals surface area contributed by atoms with Crippen molar-refractivity contribution in [2.45, 2.75) is 31.0 Å². The van der Waals surface area contributed by atoms with Gasteiger partial charge in [0.25, 0.3) is 5.91 Å². The van der Waals surface area contributed by atoms with Crippen molar-refractivity contribution in [3.05, 3.63) is 53.4 Å². The number of benzene rings is 2. The topological polar surface area (TPSA) is 107 Å². The van der Waals surface area contributed by atoms with Crippen LogP contribution in [-0.4, -0.2) is 63.1 Å². The van der Waals surface area contributed by atoms with Crippen LogP contribution in [0.25, 0.3) is 11.3 Å². The minimum Gasteiger partial charge on any atom is -0.493 e. The van der Waals surface area contributed by atoms with Crippen LogP contribution in [0.1, 0.15) is 24.2 Å². The summed E-state index contributed by atoms with van der Waals surface area (Å²) in [6.45, 7) is 4.28. The number of nitrogens with one attached hydrogen (secondary N) is 1. The number of aromatic nitrogens is 1. The molecule has 1 N–H and O–H groups in total. The molecule has 1 aliphatic heterocycles. The molecule has 9 nitrogen and oxygen atoms in total.